The van der Waals surface area contributed by atoms with Crippen LogP contribution in [0.15, 0.2) is 48.5 Å². The minimum Gasteiger partial charge on any atom is -0.445 e. The normalized spacial score (nSPS) is 11.8. The number of anilines is 1. The Morgan fingerprint density at radius 3 is 2.73 bits per heavy atom. The second-order valence-electron chi connectivity index (χ2n) is 7.10. The number of benzene rings is 2. The summed E-state index contributed by atoms with van der Waals surface area (Å²) in [5, 5.41) is 6.09. The highest BCUT2D eigenvalue weighted by Crippen LogP contribution is 2.24. The molecule has 158 valence electrons. The number of carbonyl (C=O) groups excluding carboxylic acids is 1. The van der Waals surface area contributed by atoms with Crippen molar-refractivity contribution in [1.29, 1.82) is 0 Å². The summed E-state index contributed by atoms with van der Waals surface area (Å²) >= 11 is 5.04. The maximum absolute atomic E-state index is 12.4. The monoisotopic (exact) mass is 425 g/mol. The molecule has 0 saturated carbocycles. The number of alkyl carbamates (subject to hydrolysis) is 1. The number of hydrogen-bond acceptors (Lipinski definition) is 5. The number of fused-ring (bicyclic) bond motifs is 1. The molecule has 3 aromatic rings. The number of rotatable bonds is 9. The van der Waals surface area contributed by atoms with Gasteiger partial charge in [0, 0.05) is 6.54 Å². The van der Waals surface area contributed by atoms with Crippen LogP contribution in [-0.4, -0.2) is 27.6 Å². The molecule has 0 unspecified atom stereocenters. The highest BCUT2D eigenvalue weighted by molar-refractivity contribution is 7.80. The van der Waals surface area contributed by atoms with Crippen LogP contribution in [0.4, 0.5) is 10.5 Å². The zero-order valence-electron chi connectivity index (χ0n) is 17.0. The SMILES string of the molecule is CC(=S)NCCCC[C@H](NC(=O)OCc1ccccc1)c1nc2c(N)cccc2[nH]1. The summed E-state index contributed by atoms with van der Waals surface area (Å²) in [7, 11) is 0. The van der Waals surface area contributed by atoms with E-state index in [0.29, 0.717) is 23.4 Å². The Bertz CT molecular complexity index is 990. The fourth-order valence-electron chi connectivity index (χ4n) is 3.16. The summed E-state index contributed by atoms with van der Waals surface area (Å²) in [6.07, 6.45) is 2.03. The highest BCUT2D eigenvalue weighted by atomic mass is 32.1. The number of nitrogens with two attached hydrogens (primary N) is 1. The number of aromatic nitrogens is 2. The van der Waals surface area contributed by atoms with Gasteiger partial charge in [-0.05, 0) is 43.9 Å². The van der Waals surface area contributed by atoms with Crippen LogP contribution in [0, 0.1) is 0 Å². The van der Waals surface area contributed by atoms with E-state index >= 15 is 0 Å². The third kappa shape index (κ3) is 6.18. The molecule has 1 aromatic heterocycles. The van der Waals surface area contributed by atoms with Gasteiger partial charge in [0.15, 0.2) is 0 Å². The van der Waals surface area contributed by atoms with Gasteiger partial charge in [-0.2, -0.15) is 0 Å². The first-order valence-corrected chi connectivity index (χ1v) is 10.4. The highest BCUT2D eigenvalue weighted by Gasteiger charge is 2.19. The number of nitrogens with zero attached hydrogens (tertiary/aromatic N) is 1. The molecule has 1 amide bonds. The number of nitrogens with one attached hydrogen (secondary N) is 3. The molecular weight excluding hydrogens is 398 g/mol. The lowest BCUT2D eigenvalue weighted by Gasteiger charge is -2.17. The quantitative estimate of drug-likeness (QED) is 0.232. The van der Waals surface area contributed by atoms with E-state index < -0.39 is 6.09 Å². The Hall–Kier alpha value is -3.13. The lowest BCUT2D eigenvalue weighted by molar-refractivity contribution is 0.134. The Labute approximate surface area is 181 Å². The number of ether oxygens (including phenoxy) is 1. The molecule has 0 saturated heterocycles. The van der Waals surface area contributed by atoms with Gasteiger partial charge in [-0.3, -0.25) is 0 Å². The first-order valence-electron chi connectivity index (χ1n) is 9.98. The molecule has 1 heterocycles. The van der Waals surface area contributed by atoms with Gasteiger partial charge < -0.3 is 26.1 Å². The molecule has 3 rings (SSSR count). The number of unbranched alkanes of at least 4 members (excludes halogenated alkanes) is 1. The lowest BCUT2D eigenvalue weighted by atomic mass is 10.1. The van der Waals surface area contributed by atoms with Gasteiger partial charge in [0.25, 0.3) is 0 Å². The number of carbonyl (C=O) groups is 1. The number of para-hydroxylation sites is 1. The number of nitrogen functional groups attached to an aromatic ring is 1. The van der Waals surface area contributed by atoms with Crippen LogP contribution in [-0.2, 0) is 11.3 Å². The molecule has 30 heavy (non-hydrogen) atoms. The van der Waals surface area contributed by atoms with Gasteiger partial charge in [0.2, 0.25) is 0 Å². The number of amides is 1. The summed E-state index contributed by atoms with van der Waals surface area (Å²) in [6, 6.07) is 14.9. The van der Waals surface area contributed by atoms with Crippen molar-refractivity contribution >= 4 is 40.0 Å². The Balaban J connectivity index is 1.65. The molecule has 0 aliphatic heterocycles. The standard InChI is InChI=1S/C22H27N5O2S/c1-15(30)24-13-6-5-11-19(21-25-18-12-7-10-17(23)20(18)27-21)26-22(28)29-14-16-8-3-2-4-9-16/h2-4,7-10,12,19H,5-6,11,13-14,23H2,1H3,(H,24,30)(H,25,27)(H,26,28)/t19-/m0/s1. The predicted molar refractivity (Wildman–Crippen MR) is 123 cm³/mol. The van der Waals surface area contributed by atoms with E-state index in [9.17, 15) is 4.79 Å². The molecule has 2 aromatic carbocycles. The van der Waals surface area contributed by atoms with E-state index in [1.165, 1.54) is 0 Å². The molecular formula is C22H27N5O2S. The number of imidazole rings is 1. The minimum atomic E-state index is -0.481. The number of hydrogen-bond donors (Lipinski definition) is 4. The summed E-state index contributed by atoms with van der Waals surface area (Å²) in [5.74, 6) is 0.665. The molecule has 0 radical (unpaired) electrons. The van der Waals surface area contributed by atoms with E-state index in [-0.39, 0.29) is 12.6 Å². The first kappa shape index (κ1) is 21.6. The Morgan fingerprint density at radius 2 is 2.00 bits per heavy atom. The van der Waals surface area contributed by atoms with Crippen molar-refractivity contribution in [3.63, 3.8) is 0 Å². The third-order valence-corrected chi connectivity index (χ3v) is 4.83. The van der Waals surface area contributed by atoms with Crippen LogP contribution < -0.4 is 16.4 Å². The van der Waals surface area contributed by atoms with Crippen molar-refractivity contribution in [2.75, 3.05) is 12.3 Å². The van der Waals surface area contributed by atoms with Crippen LogP contribution in [0.1, 0.15) is 43.6 Å². The molecule has 0 aliphatic carbocycles. The lowest BCUT2D eigenvalue weighted by Crippen LogP contribution is -2.30. The fraction of sp³-hybridized carbons (Fsp3) is 0.318. The molecule has 0 bridgehead atoms. The average Bonchev–Trinajstić information content (AvgIpc) is 3.17. The number of aromatic amines is 1. The van der Waals surface area contributed by atoms with Gasteiger partial charge in [-0.25, -0.2) is 9.78 Å². The van der Waals surface area contributed by atoms with Crippen molar-refractivity contribution in [3.8, 4) is 0 Å². The predicted octanol–water partition coefficient (Wildman–Crippen LogP) is 4.22. The summed E-state index contributed by atoms with van der Waals surface area (Å²) in [5.41, 5.74) is 9.11. The van der Waals surface area contributed by atoms with Crippen molar-refractivity contribution in [3.05, 3.63) is 59.9 Å². The van der Waals surface area contributed by atoms with Crippen molar-refractivity contribution in [1.82, 2.24) is 20.6 Å². The van der Waals surface area contributed by atoms with Gasteiger partial charge >= 0.3 is 6.09 Å². The zero-order chi connectivity index (χ0) is 21.3. The van der Waals surface area contributed by atoms with Crippen LogP contribution in [0.25, 0.3) is 11.0 Å². The topological polar surface area (TPSA) is 105 Å². The van der Waals surface area contributed by atoms with E-state index in [1.807, 2.05) is 55.5 Å². The Kier molecular flexibility index (Phi) is 7.62. The molecule has 8 heteroatoms. The Morgan fingerprint density at radius 1 is 1.20 bits per heavy atom. The van der Waals surface area contributed by atoms with E-state index in [1.54, 1.807) is 0 Å². The van der Waals surface area contributed by atoms with Gasteiger partial charge in [-0.1, -0.05) is 48.6 Å². The average molecular weight is 426 g/mol. The van der Waals surface area contributed by atoms with Crippen LogP contribution >= 0.6 is 12.2 Å². The molecule has 1 atom stereocenters. The molecule has 5 N–H and O–H groups in total. The van der Waals surface area contributed by atoms with Crippen molar-refractivity contribution < 1.29 is 9.53 Å². The second kappa shape index (κ2) is 10.6. The van der Waals surface area contributed by atoms with E-state index in [2.05, 4.69) is 20.6 Å². The molecule has 0 fully saturated rings. The van der Waals surface area contributed by atoms with Crippen molar-refractivity contribution in [2.24, 2.45) is 0 Å². The summed E-state index contributed by atoms with van der Waals surface area (Å²) in [4.78, 5) is 21.1. The maximum Gasteiger partial charge on any atom is 0.408 e. The van der Waals surface area contributed by atoms with E-state index in [0.717, 1.165) is 35.5 Å². The van der Waals surface area contributed by atoms with Crippen LogP contribution in [0.2, 0.25) is 0 Å². The number of H-pyrrole nitrogens is 1. The van der Waals surface area contributed by atoms with Crippen LogP contribution in [0.5, 0.6) is 0 Å². The number of thiocarbonyl (C=S) groups is 1. The van der Waals surface area contributed by atoms with Gasteiger partial charge in [0.05, 0.1) is 22.2 Å². The third-order valence-electron chi connectivity index (χ3n) is 4.69. The first-order chi connectivity index (χ1) is 14.5. The fourth-order valence-corrected chi connectivity index (χ4v) is 3.26. The van der Waals surface area contributed by atoms with Gasteiger partial charge in [-0.15, -0.1) is 0 Å². The summed E-state index contributed by atoms with van der Waals surface area (Å²) in [6.45, 7) is 2.87. The van der Waals surface area contributed by atoms with Crippen molar-refractivity contribution in [2.45, 2.75) is 38.8 Å². The van der Waals surface area contributed by atoms with E-state index in [4.69, 9.17) is 22.7 Å². The maximum atomic E-state index is 12.4. The second-order valence-corrected chi connectivity index (χ2v) is 7.72. The van der Waals surface area contributed by atoms with Gasteiger partial charge in [0.1, 0.15) is 17.9 Å². The zero-order valence-corrected chi connectivity index (χ0v) is 17.8. The minimum absolute atomic E-state index is 0.213. The summed E-state index contributed by atoms with van der Waals surface area (Å²) < 4.78 is 5.39. The molecule has 7 nitrogen and oxygen atoms in total. The van der Waals surface area contributed by atoms with Crippen LogP contribution in [0.3, 0.4) is 0 Å². The molecule has 0 spiro atoms. The smallest absolute Gasteiger partial charge is 0.408 e. The largest absolute Gasteiger partial charge is 0.445 e. The molecule has 0 aliphatic rings.